The summed E-state index contributed by atoms with van der Waals surface area (Å²) < 4.78 is 0. The Morgan fingerprint density at radius 2 is 1.00 bits per heavy atom. The summed E-state index contributed by atoms with van der Waals surface area (Å²) in [6.07, 6.45) is 2.40. The minimum absolute atomic E-state index is 0.0869. The summed E-state index contributed by atoms with van der Waals surface area (Å²) in [5.41, 5.74) is 0. The molecule has 2 atom stereocenters. The number of hydrogen-bond donors (Lipinski definition) is 2. The van der Waals surface area contributed by atoms with Crippen LogP contribution in [0.25, 0.3) is 0 Å². The number of hydrogen-bond acceptors (Lipinski definition) is 6. The van der Waals surface area contributed by atoms with Crippen molar-refractivity contribution in [3.8, 4) is 0 Å². The lowest BCUT2D eigenvalue weighted by Gasteiger charge is -2.18. The summed E-state index contributed by atoms with van der Waals surface area (Å²) in [7, 11) is 2.85. The van der Waals surface area contributed by atoms with Crippen molar-refractivity contribution in [3.63, 3.8) is 0 Å². The normalized spacial score (nSPS) is 13.3. The third-order valence-corrected chi connectivity index (χ3v) is 6.52. The highest BCUT2D eigenvalue weighted by molar-refractivity contribution is 8.76. The van der Waals surface area contributed by atoms with Crippen LogP contribution >= 0.6 is 21.6 Å². The van der Waals surface area contributed by atoms with E-state index in [1.165, 1.54) is 35.4 Å². The molecule has 162 valence electrons. The minimum Gasteiger partial charge on any atom is -0.345 e. The first kappa shape index (κ1) is 27.0. The Labute approximate surface area is 177 Å². The Bertz CT molecular complexity index is 478. The molecule has 6 nitrogen and oxygen atoms in total. The lowest BCUT2D eigenvalue weighted by atomic mass is 10.1. The molecule has 0 saturated heterocycles. The van der Waals surface area contributed by atoms with Gasteiger partial charge in [-0.3, -0.25) is 19.2 Å². The zero-order valence-electron chi connectivity index (χ0n) is 18.0. The summed E-state index contributed by atoms with van der Waals surface area (Å²) in [6, 6.07) is -1.07. The van der Waals surface area contributed by atoms with Gasteiger partial charge in [-0.2, -0.15) is 0 Å². The maximum atomic E-state index is 12.0. The molecule has 0 aromatic carbocycles. The van der Waals surface area contributed by atoms with E-state index in [1.807, 2.05) is 0 Å². The summed E-state index contributed by atoms with van der Waals surface area (Å²) in [5, 5.41) is 5.57. The average Bonchev–Trinajstić information content (AvgIpc) is 2.59. The van der Waals surface area contributed by atoms with Gasteiger partial charge in [0.25, 0.3) is 0 Å². The fourth-order valence-electron chi connectivity index (χ4n) is 2.13. The first-order valence-electron chi connectivity index (χ1n) is 9.86. The molecule has 0 heterocycles. The number of nitrogens with one attached hydrogen (secondary N) is 2. The highest BCUT2D eigenvalue weighted by Gasteiger charge is 2.20. The Morgan fingerprint density at radius 1 is 0.679 bits per heavy atom. The van der Waals surface area contributed by atoms with Crippen LogP contribution in [0, 0.1) is 11.8 Å². The van der Waals surface area contributed by atoms with Gasteiger partial charge in [0.1, 0.15) is 0 Å². The monoisotopic (exact) mass is 432 g/mol. The van der Waals surface area contributed by atoms with Crippen molar-refractivity contribution in [2.24, 2.45) is 11.8 Å². The van der Waals surface area contributed by atoms with Crippen molar-refractivity contribution in [1.29, 1.82) is 0 Å². The number of amides is 2. The molecule has 2 amide bonds. The lowest BCUT2D eigenvalue weighted by molar-refractivity contribution is -0.126. The van der Waals surface area contributed by atoms with E-state index in [4.69, 9.17) is 0 Å². The van der Waals surface area contributed by atoms with E-state index in [9.17, 15) is 19.2 Å². The second-order valence-corrected chi connectivity index (χ2v) is 10.4. The Morgan fingerprint density at radius 3 is 1.25 bits per heavy atom. The van der Waals surface area contributed by atoms with Crippen LogP contribution in [0.2, 0.25) is 0 Å². The van der Waals surface area contributed by atoms with Crippen LogP contribution in [0.4, 0.5) is 0 Å². The highest BCUT2D eigenvalue weighted by Crippen LogP contribution is 2.23. The van der Waals surface area contributed by atoms with Crippen LogP contribution in [0.1, 0.15) is 67.2 Å². The van der Waals surface area contributed by atoms with Crippen LogP contribution in [0.5, 0.6) is 0 Å². The predicted octanol–water partition coefficient (Wildman–Crippen LogP) is 3.39. The highest BCUT2D eigenvalue weighted by atomic mass is 33.1. The van der Waals surface area contributed by atoms with Gasteiger partial charge in [-0.25, -0.2) is 0 Å². The van der Waals surface area contributed by atoms with Crippen LogP contribution in [-0.2, 0) is 19.2 Å². The molecule has 0 saturated carbocycles. The second kappa shape index (κ2) is 14.9. The molecule has 8 heteroatoms. The Kier molecular flexibility index (Phi) is 14.4. The summed E-state index contributed by atoms with van der Waals surface area (Å²) in [4.78, 5) is 47.5. The van der Waals surface area contributed by atoms with Crippen LogP contribution in [0.15, 0.2) is 0 Å². The molecule has 0 aromatic rings. The van der Waals surface area contributed by atoms with E-state index < -0.39 is 12.1 Å². The molecule has 0 rings (SSSR count). The van der Waals surface area contributed by atoms with Crippen molar-refractivity contribution in [3.05, 3.63) is 0 Å². The van der Waals surface area contributed by atoms with Gasteiger partial charge in [0.2, 0.25) is 11.8 Å². The molecule has 0 aliphatic rings. The topological polar surface area (TPSA) is 92.3 Å². The largest absolute Gasteiger partial charge is 0.345 e. The third-order valence-electron chi connectivity index (χ3n) is 4.10. The van der Waals surface area contributed by atoms with Crippen molar-refractivity contribution < 1.29 is 19.2 Å². The zero-order valence-corrected chi connectivity index (χ0v) is 19.6. The van der Waals surface area contributed by atoms with E-state index in [1.54, 1.807) is 0 Å². The van der Waals surface area contributed by atoms with Gasteiger partial charge in [0, 0.05) is 24.3 Å². The van der Waals surface area contributed by atoms with Crippen LogP contribution < -0.4 is 10.6 Å². The summed E-state index contributed by atoms with van der Waals surface area (Å²) in [6.45, 7) is 11.1. The molecule has 2 N–H and O–H groups in total. The molecule has 28 heavy (non-hydrogen) atoms. The SMILES string of the molecule is CC(=O)[C@H](CSSC[C@@H](NC(=O)CCC(C)C)C(C)=O)NC(=O)CCC(C)C. The fourth-order valence-corrected chi connectivity index (χ4v) is 4.62. The predicted molar refractivity (Wildman–Crippen MR) is 118 cm³/mol. The number of carbonyl (C=O) groups is 4. The van der Waals surface area contributed by atoms with Crippen LogP contribution in [0.3, 0.4) is 0 Å². The van der Waals surface area contributed by atoms with E-state index in [-0.39, 0.29) is 23.4 Å². The number of rotatable bonds is 15. The first-order valence-corrected chi connectivity index (χ1v) is 12.4. The quantitative estimate of drug-likeness (QED) is 0.304. The van der Waals surface area contributed by atoms with Gasteiger partial charge in [-0.15, -0.1) is 0 Å². The van der Waals surface area contributed by atoms with Crippen molar-refractivity contribution >= 4 is 45.0 Å². The third kappa shape index (κ3) is 14.0. The molecular formula is C20H36N2O4S2. The van der Waals surface area contributed by atoms with E-state index >= 15 is 0 Å². The minimum atomic E-state index is -0.534. The number of ketones is 2. The molecule has 0 unspecified atom stereocenters. The molecule has 0 aromatic heterocycles. The maximum absolute atomic E-state index is 12.0. The molecule has 0 fully saturated rings. The fraction of sp³-hybridized carbons (Fsp3) is 0.800. The second-order valence-electron chi connectivity index (χ2n) is 7.90. The zero-order chi connectivity index (χ0) is 21.7. The van der Waals surface area contributed by atoms with Crippen molar-refractivity contribution in [2.45, 2.75) is 79.3 Å². The van der Waals surface area contributed by atoms with E-state index in [0.29, 0.717) is 36.2 Å². The van der Waals surface area contributed by atoms with Gasteiger partial charge in [-0.1, -0.05) is 49.3 Å². The maximum Gasteiger partial charge on any atom is 0.220 e. The molecular weight excluding hydrogens is 396 g/mol. The van der Waals surface area contributed by atoms with Crippen molar-refractivity contribution in [2.75, 3.05) is 11.5 Å². The molecule has 0 aliphatic heterocycles. The van der Waals surface area contributed by atoms with Crippen LogP contribution in [-0.4, -0.2) is 47.0 Å². The molecule has 0 spiro atoms. The van der Waals surface area contributed by atoms with Gasteiger partial charge < -0.3 is 10.6 Å². The van der Waals surface area contributed by atoms with Crippen molar-refractivity contribution in [1.82, 2.24) is 10.6 Å². The number of carbonyl (C=O) groups excluding carboxylic acids is 4. The Balaban J connectivity index is 4.35. The first-order chi connectivity index (χ1) is 13.0. The Hall–Kier alpha value is -1.02. The standard InChI is InChI=1S/C20H36N2O4S2/c1-13(2)7-9-19(25)21-17(15(5)23)11-27-28-12-18(16(6)24)22-20(26)10-8-14(3)4/h13-14,17-18H,7-12H2,1-6H3,(H,21,25)(H,22,26)/t17-,18+. The van der Waals surface area contributed by atoms with Gasteiger partial charge in [0.05, 0.1) is 12.1 Å². The van der Waals surface area contributed by atoms with Gasteiger partial charge >= 0.3 is 0 Å². The molecule has 0 radical (unpaired) electrons. The van der Waals surface area contributed by atoms with E-state index in [0.717, 1.165) is 12.8 Å². The van der Waals surface area contributed by atoms with E-state index in [2.05, 4.69) is 38.3 Å². The number of Topliss-reactive ketones (excluding diaryl/α,β-unsaturated/α-hetero) is 2. The lowest BCUT2D eigenvalue weighted by Crippen LogP contribution is -2.42. The molecule has 0 aliphatic carbocycles. The smallest absolute Gasteiger partial charge is 0.220 e. The van der Waals surface area contributed by atoms with Gasteiger partial charge in [0.15, 0.2) is 11.6 Å². The average molecular weight is 433 g/mol. The molecule has 0 bridgehead atoms. The van der Waals surface area contributed by atoms with Gasteiger partial charge in [-0.05, 0) is 38.5 Å². The summed E-state index contributed by atoms with van der Waals surface area (Å²) in [5.74, 6) is 1.33. The summed E-state index contributed by atoms with van der Waals surface area (Å²) >= 11 is 0.